The average Bonchev–Trinajstić information content (AvgIpc) is 2.48. The fraction of sp³-hybridized carbons (Fsp3) is 0.647. The molecule has 0 spiro atoms. The van der Waals surface area contributed by atoms with Gasteiger partial charge in [0.2, 0.25) is 0 Å². The van der Waals surface area contributed by atoms with Crippen molar-refractivity contribution >= 4 is 11.6 Å². The van der Waals surface area contributed by atoms with Gasteiger partial charge in [0.25, 0.3) is 0 Å². The second-order valence-corrected chi connectivity index (χ2v) is 6.46. The summed E-state index contributed by atoms with van der Waals surface area (Å²) in [7, 11) is 1.99. The predicted octanol–water partition coefficient (Wildman–Crippen LogP) is 4.83. The summed E-state index contributed by atoms with van der Waals surface area (Å²) in [6.45, 7) is 2.28. The van der Waals surface area contributed by atoms with Gasteiger partial charge >= 0.3 is 0 Å². The maximum atomic E-state index is 13.9. The highest BCUT2D eigenvalue weighted by atomic mass is 35.5. The van der Waals surface area contributed by atoms with Crippen LogP contribution in [-0.4, -0.2) is 13.1 Å². The van der Waals surface area contributed by atoms with E-state index < -0.39 is 0 Å². The minimum Gasteiger partial charge on any atom is -0.316 e. The fourth-order valence-corrected chi connectivity index (χ4v) is 3.63. The van der Waals surface area contributed by atoms with Gasteiger partial charge < -0.3 is 5.32 Å². The first kappa shape index (κ1) is 15.8. The molecule has 1 aliphatic rings. The SMILES string of the molecule is CCC1CCC(C(Cc2cc(Cl)ccc2F)NC)CC1. The predicted molar refractivity (Wildman–Crippen MR) is 83.7 cm³/mol. The van der Waals surface area contributed by atoms with E-state index in [0.29, 0.717) is 17.0 Å². The summed E-state index contributed by atoms with van der Waals surface area (Å²) in [4.78, 5) is 0. The minimum atomic E-state index is -0.142. The number of likely N-dealkylation sites (N-methyl/N-ethyl adjacent to an activating group) is 1. The lowest BCUT2D eigenvalue weighted by atomic mass is 9.76. The lowest BCUT2D eigenvalue weighted by Gasteiger charge is -2.33. The standard InChI is InChI=1S/C17H25ClFN/c1-3-12-4-6-13(7-5-12)17(20-2)11-14-10-15(18)8-9-16(14)19/h8-10,12-13,17,20H,3-7,11H2,1-2H3. The van der Waals surface area contributed by atoms with Crippen molar-refractivity contribution < 1.29 is 4.39 Å². The van der Waals surface area contributed by atoms with E-state index in [2.05, 4.69) is 12.2 Å². The molecule has 0 amide bonds. The van der Waals surface area contributed by atoms with Crippen LogP contribution in [0.1, 0.15) is 44.6 Å². The molecule has 0 aromatic heterocycles. The molecule has 112 valence electrons. The van der Waals surface area contributed by atoms with Crippen molar-refractivity contribution in [3.8, 4) is 0 Å². The number of benzene rings is 1. The van der Waals surface area contributed by atoms with Crippen molar-refractivity contribution in [2.45, 2.75) is 51.5 Å². The van der Waals surface area contributed by atoms with E-state index in [-0.39, 0.29) is 5.82 Å². The quantitative estimate of drug-likeness (QED) is 0.821. The lowest BCUT2D eigenvalue weighted by molar-refractivity contribution is 0.221. The van der Waals surface area contributed by atoms with Crippen molar-refractivity contribution in [1.82, 2.24) is 5.32 Å². The van der Waals surface area contributed by atoms with E-state index in [1.165, 1.54) is 38.2 Å². The van der Waals surface area contributed by atoms with Crippen molar-refractivity contribution in [2.24, 2.45) is 11.8 Å². The summed E-state index contributed by atoms with van der Waals surface area (Å²) < 4.78 is 13.9. The lowest BCUT2D eigenvalue weighted by Crippen LogP contribution is -2.37. The second-order valence-electron chi connectivity index (χ2n) is 6.02. The van der Waals surface area contributed by atoms with E-state index in [4.69, 9.17) is 11.6 Å². The Labute approximate surface area is 126 Å². The van der Waals surface area contributed by atoms with Gasteiger partial charge in [-0.1, -0.05) is 37.8 Å². The molecule has 1 atom stereocenters. The molecule has 0 aliphatic heterocycles. The molecule has 1 nitrogen and oxygen atoms in total. The molecule has 1 fully saturated rings. The number of hydrogen-bond acceptors (Lipinski definition) is 1. The van der Waals surface area contributed by atoms with Crippen LogP contribution in [0.2, 0.25) is 5.02 Å². The van der Waals surface area contributed by atoms with Gasteiger partial charge in [0.1, 0.15) is 5.82 Å². The number of hydrogen-bond donors (Lipinski definition) is 1. The third-order valence-corrected chi connectivity index (χ3v) is 5.09. The maximum absolute atomic E-state index is 13.9. The van der Waals surface area contributed by atoms with Crippen LogP contribution >= 0.6 is 11.6 Å². The monoisotopic (exact) mass is 297 g/mol. The molecular weight excluding hydrogens is 273 g/mol. The Hall–Kier alpha value is -0.600. The molecule has 0 saturated heterocycles. The molecule has 0 radical (unpaired) electrons. The Bertz CT molecular complexity index is 427. The highest BCUT2D eigenvalue weighted by Gasteiger charge is 2.26. The van der Waals surface area contributed by atoms with Crippen LogP contribution in [-0.2, 0) is 6.42 Å². The van der Waals surface area contributed by atoms with Crippen LogP contribution in [0.25, 0.3) is 0 Å². The topological polar surface area (TPSA) is 12.0 Å². The van der Waals surface area contributed by atoms with E-state index >= 15 is 0 Å². The van der Waals surface area contributed by atoms with Crippen molar-refractivity contribution in [3.63, 3.8) is 0 Å². The molecule has 1 aromatic rings. The van der Waals surface area contributed by atoms with Crippen LogP contribution in [0.5, 0.6) is 0 Å². The van der Waals surface area contributed by atoms with E-state index in [1.54, 1.807) is 12.1 Å². The summed E-state index contributed by atoms with van der Waals surface area (Å²) in [5.41, 5.74) is 0.731. The van der Waals surface area contributed by atoms with Gasteiger partial charge in [-0.25, -0.2) is 4.39 Å². The normalized spacial score (nSPS) is 24.6. The molecule has 0 bridgehead atoms. The van der Waals surface area contributed by atoms with Crippen molar-refractivity contribution in [3.05, 3.63) is 34.6 Å². The highest BCUT2D eigenvalue weighted by Crippen LogP contribution is 2.33. The first-order valence-corrected chi connectivity index (χ1v) is 8.13. The highest BCUT2D eigenvalue weighted by molar-refractivity contribution is 6.30. The average molecular weight is 298 g/mol. The molecule has 1 aliphatic carbocycles. The van der Waals surface area contributed by atoms with E-state index in [9.17, 15) is 4.39 Å². The Kier molecular flexibility index (Phi) is 5.86. The van der Waals surface area contributed by atoms with Crippen LogP contribution in [0.15, 0.2) is 18.2 Å². The van der Waals surface area contributed by atoms with Crippen LogP contribution in [0.3, 0.4) is 0 Å². The fourth-order valence-electron chi connectivity index (χ4n) is 3.44. The Morgan fingerprint density at radius 3 is 2.60 bits per heavy atom. The van der Waals surface area contributed by atoms with Crippen molar-refractivity contribution in [2.75, 3.05) is 7.05 Å². The first-order valence-electron chi connectivity index (χ1n) is 7.75. The zero-order valence-electron chi connectivity index (χ0n) is 12.5. The molecule has 1 saturated carbocycles. The summed E-state index contributed by atoms with van der Waals surface area (Å²) in [6.07, 6.45) is 7.16. The second kappa shape index (κ2) is 7.42. The molecule has 0 heterocycles. The van der Waals surface area contributed by atoms with E-state index in [0.717, 1.165) is 17.9 Å². The van der Waals surface area contributed by atoms with Crippen LogP contribution < -0.4 is 5.32 Å². The third kappa shape index (κ3) is 3.95. The van der Waals surface area contributed by atoms with Gasteiger partial charge in [0, 0.05) is 11.1 Å². The number of nitrogens with one attached hydrogen (secondary N) is 1. The van der Waals surface area contributed by atoms with Gasteiger partial charge in [-0.05, 0) is 61.9 Å². The van der Waals surface area contributed by atoms with Crippen LogP contribution in [0, 0.1) is 17.7 Å². The van der Waals surface area contributed by atoms with Gasteiger partial charge in [-0.3, -0.25) is 0 Å². The zero-order chi connectivity index (χ0) is 14.5. The minimum absolute atomic E-state index is 0.142. The maximum Gasteiger partial charge on any atom is 0.126 e. The molecule has 1 unspecified atom stereocenters. The van der Waals surface area contributed by atoms with Gasteiger partial charge in [-0.15, -0.1) is 0 Å². The number of halogens is 2. The summed E-state index contributed by atoms with van der Waals surface area (Å²) in [5, 5.41) is 4.01. The number of rotatable bonds is 5. The summed E-state index contributed by atoms with van der Waals surface area (Å²) in [5.74, 6) is 1.41. The Morgan fingerprint density at radius 2 is 2.00 bits per heavy atom. The molecule has 3 heteroatoms. The van der Waals surface area contributed by atoms with Crippen LogP contribution in [0.4, 0.5) is 4.39 Å². The smallest absolute Gasteiger partial charge is 0.126 e. The third-order valence-electron chi connectivity index (χ3n) is 4.86. The summed E-state index contributed by atoms with van der Waals surface area (Å²) in [6, 6.07) is 5.19. The molecular formula is C17H25ClFN. The molecule has 20 heavy (non-hydrogen) atoms. The van der Waals surface area contributed by atoms with Gasteiger partial charge in [0.05, 0.1) is 0 Å². The van der Waals surface area contributed by atoms with Crippen molar-refractivity contribution in [1.29, 1.82) is 0 Å². The zero-order valence-corrected chi connectivity index (χ0v) is 13.2. The Morgan fingerprint density at radius 1 is 1.30 bits per heavy atom. The summed E-state index contributed by atoms with van der Waals surface area (Å²) >= 11 is 5.98. The molecule has 2 rings (SSSR count). The van der Waals surface area contributed by atoms with E-state index in [1.807, 2.05) is 7.05 Å². The molecule has 1 N–H and O–H groups in total. The largest absolute Gasteiger partial charge is 0.316 e. The first-order chi connectivity index (χ1) is 9.63. The Balaban J connectivity index is 2.00. The van der Waals surface area contributed by atoms with Gasteiger partial charge in [0.15, 0.2) is 0 Å². The van der Waals surface area contributed by atoms with Gasteiger partial charge in [-0.2, -0.15) is 0 Å². The molecule has 1 aromatic carbocycles.